The highest BCUT2D eigenvalue weighted by molar-refractivity contribution is 5.83. The molecule has 0 radical (unpaired) electrons. The van der Waals surface area contributed by atoms with Crippen LogP contribution in [0.1, 0.15) is 5.69 Å². The summed E-state index contributed by atoms with van der Waals surface area (Å²) in [6.07, 6.45) is 1.48. The number of carbonyl (C=O) groups excluding carboxylic acids is 1. The lowest BCUT2D eigenvalue weighted by molar-refractivity contribution is -0.143. The molecule has 0 saturated heterocycles. The van der Waals surface area contributed by atoms with Gasteiger partial charge in [0.1, 0.15) is 12.6 Å². The largest absolute Gasteiger partial charge is 0.480 e. The van der Waals surface area contributed by atoms with Crippen molar-refractivity contribution < 1.29 is 19.8 Å². The van der Waals surface area contributed by atoms with Crippen LogP contribution in [0.5, 0.6) is 0 Å². The Bertz CT molecular complexity index is 404. The highest BCUT2D eigenvalue weighted by Gasteiger charge is 2.18. The fourth-order valence-corrected chi connectivity index (χ4v) is 1.08. The second kappa shape index (κ2) is 5.92. The van der Waals surface area contributed by atoms with Crippen LogP contribution in [0.2, 0.25) is 0 Å². The summed E-state index contributed by atoms with van der Waals surface area (Å²) >= 11 is 0. The van der Waals surface area contributed by atoms with Crippen molar-refractivity contribution in [2.75, 3.05) is 6.61 Å². The van der Waals surface area contributed by atoms with Crippen LogP contribution in [0.3, 0.4) is 0 Å². The van der Waals surface area contributed by atoms with Gasteiger partial charge in [-0.05, 0) is 0 Å². The lowest BCUT2D eigenvalue weighted by Crippen LogP contribution is -2.44. The first-order chi connectivity index (χ1) is 8.06. The molecule has 0 aliphatic heterocycles. The third kappa shape index (κ3) is 3.81. The van der Waals surface area contributed by atoms with E-state index in [9.17, 15) is 9.59 Å². The summed E-state index contributed by atoms with van der Waals surface area (Å²) in [6.45, 7) is -0.654. The molecule has 17 heavy (non-hydrogen) atoms. The summed E-state index contributed by atoms with van der Waals surface area (Å²) in [4.78, 5) is 21.9. The Morgan fingerprint density at radius 3 is 2.76 bits per heavy atom. The zero-order valence-electron chi connectivity index (χ0n) is 8.91. The number of hydrogen-bond donors (Lipinski definition) is 4. The van der Waals surface area contributed by atoms with Gasteiger partial charge in [-0.1, -0.05) is 5.21 Å². The minimum atomic E-state index is -1.32. The number of nitrogens with one attached hydrogen (secondary N) is 1. The topological polar surface area (TPSA) is 143 Å². The van der Waals surface area contributed by atoms with E-state index in [1.807, 2.05) is 0 Å². The quantitative estimate of drug-likeness (QED) is 0.425. The zero-order valence-corrected chi connectivity index (χ0v) is 8.91. The maximum Gasteiger partial charge on any atom is 0.328 e. The van der Waals surface area contributed by atoms with Gasteiger partial charge in [0.2, 0.25) is 5.91 Å². The Kier molecular flexibility index (Phi) is 4.55. The number of aromatic nitrogens is 3. The Morgan fingerprint density at radius 1 is 1.59 bits per heavy atom. The molecule has 0 fully saturated rings. The average Bonchev–Trinajstić information content (AvgIpc) is 2.73. The van der Waals surface area contributed by atoms with Gasteiger partial charge in [-0.2, -0.15) is 0 Å². The second-order valence-electron chi connectivity index (χ2n) is 3.25. The molecule has 0 saturated carbocycles. The normalized spacial score (nSPS) is 12.1. The highest BCUT2D eigenvalue weighted by Crippen LogP contribution is 1.91. The molecule has 1 atom stereocenters. The highest BCUT2D eigenvalue weighted by atomic mass is 16.4. The molecule has 9 heteroatoms. The smallest absolute Gasteiger partial charge is 0.328 e. The summed E-state index contributed by atoms with van der Waals surface area (Å²) in [6, 6.07) is -1.32. The molecule has 9 nitrogen and oxygen atoms in total. The number of carbonyl (C=O) groups is 2. The van der Waals surface area contributed by atoms with Crippen molar-refractivity contribution in [3.8, 4) is 0 Å². The van der Waals surface area contributed by atoms with Crippen molar-refractivity contribution in [2.45, 2.75) is 19.1 Å². The van der Waals surface area contributed by atoms with Crippen LogP contribution in [-0.2, 0) is 22.7 Å². The molecule has 1 aromatic rings. The lowest BCUT2D eigenvalue weighted by atomic mass is 10.3. The molecule has 0 aliphatic carbocycles. The first-order valence-electron chi connectivity index (χ1n) is 4.79. The number of aliphatic hydroxyl groups is 1. The van der Waals surface area contributed by atoms with Crippen LogP contribution in [0.4, 0.5) is 0 Å². The third-order valence-corrected chi connectivity index (χ3v) is 1.92. The third-order valence-electron chi connectivity index (χ3n) is 1.92. The molecule has 1 heterocycles. The predicted octanol–water partition coefficient (Wildman–Crippen LogP) is -2.70. The number of nitrogens with zero attached hydrogens (tertiary/aromatic N) is 3. The second-order valence-corrected chi connectivity index (χ2v) is 3.25. The Balaban J connectivity index is 2.51. The van der Waals surface area contributed by atoms with Crippen molar-refractivity contribution >= 4 is 11.9 Å². The zero-order chi connectivity index (χ0) is 12.8. The Morgan fingerprint density at radius 2 is 2.29 bits per heavy atom. The van der Waals surface area contributed by atoms with Gasteiger partial charge in [0.15, 0.2) is 0 Å². The molecular formula is C8H13N5O4. The summed E-state index contributed by atoms with van der Waals surface area (Å²) < 4.78 is 1.23. The van der Waals surface area contributed by atoms with Gasteiger partial charge < -0.3 is 21.3 Å². The van der Waals surface area contributed by atoms with Gasteiger partial charge in [-0.3, -0.25) is 4.79 Å². The van der Waals surface area contributed by atoms with E-state index in [0.29, 0.717) is 5.69 Å². The average molecular weight is 243 g/mol. The van der Waals surface area contributed by atoms with Gasteiger partial charge in [-0.25, -0.2) is 9.48 Å². The van der Waals surface area contributed by atoms with E-state index in [2.05, 4.69) is 15.6 Å². The molecule has 5 N–H and O–H groups in total. The molecule has 0 bridgehead atoms. The predicted molar refractivity (Wildman–Crippen MR) is 54.6 cm³/mol. The maximum absolute atomic E-state index is 11.4. The Hall–Kier alpha value is -2.00. The molecule has 1 aromatic heterocycles. The molecule has 0 aliphatic rings. The van der Waals surface area contributed by atoms with E-state index in [4.69, 9.17) is 15.9 Å². The van der Waals surface area contributed by atoms with Crippen LogP contribution >= 0.6 is 0 Å². The SMILES string of the molecule is NCc1cn(CC(=O)NC(CO)C(=O)O)nn1. The van der Waals surface area contributed by atoms with Gasteiger partial charge in [0, 0.05) is 6.54 Å². The summed E-state index contributed by atoms with van der Waals surface area (Å²) in [5, 5.41) is 26.7. The fraction of sp³-hybridized carbons (Fsp3) is 0.500. The molecule has 94 valence electrons. The van der Waals surface area contributed by atoms with E-state index in [1.54, 1.807) is 0 Å². The lowest BCUT2D eigenvalue weighted by Gasteiger charge is -2.10. The number of carboxylic acids is 1. The summed E-state index contributed by atoms with van der Waals surface area (Å²) in [5.74, 6) is -1.89. The van der Waals surface area contributed by atoms with E-state index < -0.39 is 24.5 Å². The van der Waals surface area contributed by atoms with Gasteiger partial charge in [-0.15, -0.1) is 5.10 Å². The van der Waals surface area contributed by atoms with Crippen LogP contribution < -0.4 is 11.1 Å². The van der Waals surface area contributed by atoms with E-state index in [0.717, 1.165) is 0 Å². The van der Waals surface area contributed by atoms with Crippen molar-refractivity contribution in [1.29, 1.82) is 0 Å². The van der Waals surface area contributed by atoms with Gasteiger partial charge in [0.25, 0.3) is 0 Å². The number of amides is 1. The van der Waals surface area contributed by atoms with E-state index in [-0.39, 0.29) is 13.1 Å². The fourth-order valence-electron chi connectivity index (χ4n) is 1.08. The molecule has 1 amide bonds. The maximum atomic E-state index is 11.4. The number of hydrogen-bond acceptors (Lipinski definition) is 6. The summed E-state index contributed by atoms with van der Waals surface area (Å²) in [5.41, 5.74) is 5.83. The first kappa shape index (κ1) is 13.1. The molecule has 0 spiro atoms. The monoisotopic (exact) mass is 243 g/mol. The van der Waals surface area contributed by atoms with Crippen molar-refractivity contribution in [3.63, 3.8) is 0 Å². The first-order valence-corrected chi connectivity index (χ1v) is 4.79. The minimum absolute atomic E-state index is 0.184. The molecule has 1 unspecified atom stereocenters. The number of aliphatic carboxylic acids is 1. The standard InChI is InChI=1S/C8H13N5O4/c9-1-5-2-13(12-11-5)3-7(15)10-6(4-14)8(16)17/h2,6,14H,1,3-4,9H2,(H,10,15)(H,16,17). The molecular weight excluding hydrogens is 230 g/mol. The van der Waals surface area contributed by atoms with Crippen molar-refractivity contribution in [1.82, 2.24) is 20.3 Å². The van der Waals surface area contributed by atoms with Crippen LogP contribution in [0, 0.1) is 0 Å². The van der Waals surface area contributed by atoms with Crippen LogP contribution in [-0.4, -0.2) is 49.7 Å². The number of carboxylic acid groups (broad SMARTS) is 1. The van der Waals surface area contributed by atoms with E-state index >= 15 is 0 Å². The van der Waals surface area contributed by atoms with Crippen LogP contribution in [0.15, 0.2) is 6.20 Å². The van der Waals surface area contributed by atoms with E-state index in [1.165, 1.54) is 10.9 Å². The van der Waals surface area contributed by atoms with Crippen molar-refractivity contribution in [3.05, 3.63) is 11.9 Å². The van der Waals surface area contributed by atoms with Gasteiger partial charge >= 0.3 is 5.97 Å². The molecule has 1 rings (SSSR count). The number of aliphatic hydroxyl groups excluding tert-OH is 1. The summed E-state index contributed by atoms with van der Waals surface area (Å²) in [7, 11) is 0. The van der Waals surface area contributed by atoms with Crippen LogP contribution in [0.25, 0.3) is 0 Å². The minimum Gasteiger partial charge on any atom is -0.480 e. The number of rotatable bonds is 6. The molecule has 0 aromatic carbocycles. The number of nitrogens with two attached hydrogens (primary N) is 1. The van der Waals surface area contributed by atoms with Crippen molar-refractivity contribution in [2.24, 2.45) is 5.73 Å². The Labute approximate surface area is 96.2 Å². The van der Waals surface area contributed by atoms with Gasteiger partial charge in [0.05, 0.1) is 18.5 Å².